The zero-order valence-electron chi connectivity index (χ0n) is 10.5. The number of aromatic nitrogens is 1. The van der Waals surface area contributed by atoms with Gasteiger partial charge in [-0.1, -0.05) is 36.4 Å². The first-order valence-electron chi connectivity index (χ1n) is 5.90. The van der Waals surface area contributed by atoms with E-state index in [0.717, 1.165) is 11.1 Å². The molecule has 0 bridgehead atoms. The number of rotatable bonds is 4. The van der Waals surface area contributed by atoms with Crippen molar-refractivity contribution in [3.05, 3.63) is 65.1 Å². The molecule has 0 aliphatic rings. The molecule has 0 spiro atoms. The van der Waals surface area contributed by atoms with E-state index in [1.807, 2.05) is 13.0 Å². The number of nitrogens with zero attached hydrogens (tertiary/aromatic N) is 1. The van der Waals surface area contributed by atoms with Gasteiger partial charge in [0.25, 0.3) is 0 Å². The van der Waals surface area contributed by atoms with Gasteiger partial charge in [0.05, 0.1) is 0 Å². The molecule has 1 aromatic heterocycles. The highest BCUT2D eigenvalue weighted by Crippen LogP contribution is 2.21. The van der Waals surface area contributed by atoms with E-state index >= 15 is 0 Å². The van der Waals surface area contributed by atoms with Crippen molar-refractivity contribution in [2.24, 2.45) is 0 Å². The second kappa shape index (κ2) is 5.85. The molecule has 19 heavy (non-hydrogen) atoms. The molecular formula is C15H14ClFN2. The Morgan fingerprint density at radius 3 is 2.63 bits per heavy atom. The molecule has 0 aliphatic heterocycles. The van der Waals surface area contributed by atoms with Gasteiger partial charge in [-0.3, -0.25) is 0 Å². The van der Waals surface area contributed by atoms with Crippen molar-refractivity contribution in [2.45, 2.75) is 13.0 Å². The largest absolute Gasteiger partial charge is 0.363 e. The van der Waals surface area contributed by atoms with Crippen LogP contribution < -0.4 is 5.32 Å². The van der Waals surface area contributed by atoms with E-state index in [1.165, 1.54) is 12.1 Å². The highest BCUT2D eigenvalue weighted by atomic mass is 35.5. The van der Waals surface area contributed by atoms with Gasteiger partial charge in [-0.2, -0.15) is 0 Å². The molecule has 1 aromatic carbocycles. The number of nitrogens with one attached hydrogen (secondary N) is 1. The van der Waals surface area contributed by atoms with Gasteiger partial charge < -0.3 is 5.32 Å². The fourth-order valence-corrected chi connectivity index (χ4v) is 1.98. The molecular weight excluding hydrogens is 263 g/mol. The number of pyridine rings is 1. The molecule has 1 N–H and O–H groups in total. The number of benzene rings is 1. The smallest absolute Gasteiger partial charge is 0.132 e. The van der Waals surface area contributed by atoms with Gasteiger partial charge in [-0.05, 0) is 42.3 Å². The normalized spacial score (nSPS) is 11.9. The van der Waals surface area contributed by atoms with Crippen molar-refractivity contribution < 1.29 is 4.39 Å². The standard InChI is InChI=1S/C15H14ClFN2/c1-3-11-8-14(16)19-15(9-11)18-10(2)12-4-6-13(17)7-5-12/h3-10H,1H2,2H3,(H,18,19)/t10-/m0/s1. The van der Waals surface area contributed by atoms with Crippen LogP contribution in [0.3, 0.4) is 0 Å². The van der Waals surface area contributed by atoms with E-state index in [-0.39, 0.29) is 11.9 Å². The van der Waals surface area contributed by atoms with Gasteiger partial charge in [0.15, 0.2) is 0 Å². The van der Waals surface area contributed by atoms with E-state index < -0.39 is 0 Å². The van der Waals surface area contributed by atoms with Gasteiger partial charge in [0, 0.05) is 6.04 Å². The Hall–Kier alpha value is -1.87. The molecule has 0 radical (unpaired) electrons. The molecule has 0 unspecified atom stereocenters. The first kappa shape index (κ1) is 13.6. The minimum absolute atomic E-state index is 0.00392. The Balaban J connectivity index is 2.18. The lowest BCUT2D eigenvalue weighted by Gasteiger charge is -2.15. The number of halogens is 2. The Bertz CT molecular complexity index is 581. The summed E-state index contributed by atoms with van der Waals surface area (Å²) in [6, 6.07) is 9.96. The second-order valence-electron chi connectivity index (χ2n) is 4.23. The lowest BCUT2D eigenvalue weighted by Crippen LogP contribution is -2.08. The molecule has 0 saturated heterocycles. The summed E-state index contributed by atoms with van der Waals surface area (Å²) >= 11 is 5.93. The van der Waals surface area contributed by atoms with Crippen LogP contribution in [0.1, 0.15) is 24.1 Å². The molecule has 98 valence electrons. The fraction of sp³-hybridized carbons (Fsp3) is 0.133. The molecule has 0 aliphatic carbocycles. The molecule has 4 heteroatoms. The Labute approximate surface area is 116 Å². The van der Waals surface area contributed by atoms with Crippen molar-refractivity contribution in [3.8, 4) is 0 Å². The average molecular weight is 277 g/mol. The molecule has 1 atom stereocenters. The van der Waals surface area contributed by atoms with Crippen LogP contribution in [-0.4, -0.2) is 4.98 Å². The molecule has 0 fully saturated rings. The van der Waals surface area contributed by atoms with Gasteiger partial charge >= 0.3 is 0 Å². The van der Waals surface area contributed by atoms with E-state index in [9.17, 15) is 4.39 Å². The topological polar surface area (TPSA) is 24.9 Å². The first-order valence-corrected chi connectivity index (χ1v) is 6.28. The number of hydrogen-bond donors (Lipinski definition) is 1. The summed E-state index contributed by atoms with van der Waals surface area (Å²) < 4.78 is 12.9. The van der Waals surface area contributed by atoms with Crippen LogP contribution in [0, 0.1) is 5.82 Å². The molecule has 1 heterocycles. The SMILES string of the molecule is C=Cc1cc(Cl)nc(N[C@@H](C)c2ccc(F)cc2)c1. The summed E-state index contributed by atoms with van der Waals surface area (Å²) in [4.78, 5) is 4.20. The Morgan fingerprint density at radius 1 is 1.32 bits per heavy atom. The maximum atomic E-state index is 12.9. The number of anilines is 1. The van der Waals surface area contributed by atoms with Crippen LogP contribution in [0.25, 0.3) is 6.08 Å². The van der Waals surface area contributed by atoms with Crippen molar-refractivity contribution in [2.75, 3.05) is 5.32 Å². The third-order valence-corrected chi connectivity index (χ3v) is 2.98. The summed E-state index contributed by atoms with van der Waals surface area (Å²) in [5, 5.41) is 3.64. The first-order chi connectivity index (χ1) is 9.08. The van der Waals surface area contributed by atoms with Crippen molar-refractivity contribution >= 4 is 23.5 Å². The van der Waals surface area contributed by atoms with Crippen LogP contribution in [0.4, 0.5) is 10.2 Å². The highest BCUT2D eigenvalue weighted by molar-refractivity contribution is 6.29. The minimum Gasteiger partial charge on any atom is -0.363 e. The van der Waals surface area contributed by atoms with Crippen LogP contribution in [0.5, 0.6) is 0 Å². The number of hydrogen-bond acceptors (Lipinski definition) is 2. The summed E-state index contributed by atoms with van der Waals surface area (Å²) in [5.74, 6) is 0.421. The average Bonchev–Trinajstić information content (AvgIpc) is 2.38. The van der Waals surface area contributed by atoms with Crippen molar-refractivity contribution in [3.63, 3.8) is 0 Å². The third-order valence-electron chi connectivity index (χ3n) is 2.79. The van der Waals surface area contributed by atoms with Crippen molar-refractivity contribution in [1.29, 1.82) is 0 Å². The Kier molecular flexibility index (Phi) is 4.17. The summed E-state index contributed by atoms with van der Waals surface area (Å²) in [5.41, 5.74) is 1.87. The van der Waals surface area contributed by atoms with Crippen LogP contribution in [-0.2, 0) is 0 Å². The summed E-state index contributed by atoms with van der Waals surface area (Å²) in [6.07, 6.45) is 1.71. The molecule has 0 amide bonds. The predicted molar refractivity (Wildman–Crippen MR) is 77.8 cm³/mol. The van der Waals surface area contributed by atoms with Crippen LogP contribution in [0.15, 0.2) is 43.0 Å². The van der Waals surface area contributed by atoms with Gasteiger partial charge in [0.2, 0.25) is 0 Å². The minimum atomic E-state index is -0.245. The zero-order valence-corrected chi connectivity index (χ0v) is 11.3. The summed E-state index contributed by atoms with van der Waals surface area (Å²) in [6.45, 7) is 5.68. The molecule has 0 saturated carbocycles. The lowest BCUT2D eigenvalue weighted by molar-refractivity contribution is 0.626. The third kappa shape index (κ3) is 3.55. The lowest BCUT2D eigenvalue weighted by atomic mass is 10.1. The fourth-order valence-electron chi connectivity index (χ4n) is 1.77. The summed E-state index contributed by atoms with van der Waals surface area (Å²) in [7, 11) is 0. The molecule has 2 nitrogen and oxygen atoms in total. The zero-order chi connectivity index (χ0) is 13.8. The van der Waals surface area contributed by atoms with Gasteiger partial charge in [0.1, 0.15) is 16.8 Å². The van der Waals surface area contributed by atoms with E-state index in [4.69, 9.17) is 11.6 Å². The maximum Gasteiger partial charge on any atom is 0.132 e. The second-order valence-corrected chi connectivity index (χ2v) is 4.62. The molecule has 2 aromatic rings. The Morgan fingerprint density at radius 2 is 2.00 bits per heavy atom. The van der Waals surface area contributed by atoms with Gasteiger partial charge in [-0.15, -0.1) is 0 Å². The van der Waals surface area contributed by atoms with E-state index in [2.05, 4.69) is 16.9 Å². The van der Waals surface area contributed by atoms with Crippen LogP contribution in [0.2, 0.25) is 5.15 Å². The van der Waals surface area contributed by atoms with Crippen molar-refractivity contribution in [1.82, 2.24) is 4.98 Å². The van der Waals surface area contributed by atoms with Crippen LogP contribution >= 0.6 is 11.6 Å². The van der Waals surface area contributed by atoms with Gasteiger partial charge in [-0.25, -0.2) is 9.37 Å². The maximum absolute atomic E-state index is 12.9. The highest BCUT2D eigenvalue weighted by Gasteiger charge is 2.07. The van der Waals surface area contributed by atoms with E-state index in [0.29, 0.717) is 11.0 Å². The predicted octanol–water partition coefficient (Wildman–Crippen LogP) is 4.69. The quantitative estimate of drug-likeness (QED) is 0.820. The monoisotopic (exact) mass is 276 g/mol. The molecule has 2 rings (SSSR count). The van der Waals surface area contributed by atoms with E-state index in [1.54, 1.807) is 24.3 Å².